The number of ketones is 1. The number of hydrogen-bond donors (Lipinski definition) is 1. The molecule has 154 valence electrons. The Morgan fingerprint density at radius 2 is 1.80 bits per heavy atom. The number of hydrogen-bond acceptors (Lipinski definition) is 3. The molecule has 0 unspecified atom stereocenters. The van der Waals surface area contributed by atoms with E-state index in [4.69, 9.17) is 11.6 Å². The van der Waals surface area contributed by atoms with Crippen molar-refractivity contribution in [2.45, 2.75) is 19.8 Å². The highest BCUT2D eigenvalue weighted by atomic mass is 35.5. The molecular weight excluding hydrogens is 414 g/mol. The minimum absolute atomic E-state index is 0.0879. The fraction of sp³-hybridized carbons (Fsp3) is 0.136. The van der Waals surface area contributed by atoms with Crippen LogP contribution in [0.2, 0.25) is 5.02 Å². The highest BCUT2D eigenvalue weighted by molar-refractivity contribution is 6.30. The second kappa shape index (κ2) is 9.00. The number of amides is 1. The molecule has 0 radical (unpaired) electrons. The van der Waals surface area contributed by atoms with E-state index < -0.39 is 12.3 Å². The van der Waals surface area contributed by atoms with Crippen LogP contribution in [0, 0.1) is 5.21 Å². The molecule has 0 aliphatic heterocycles. The van der Waals surface area contributed by atoms with E-state index in [2.05, 4.69) is 5.32 Å². The predicted octanol–water partition coefficient (Wildman–Crippen LogP) is 4.96. The summed E-state index contributed by atoms with van der Waals surface area (Å²) in [5, 5.41) is 15.3. The Balaban J connectivity index is 1.77. The molecule has 1 heterocycles. The summed E-state index contributed by atoms with van der Waals surface area (Å²) in [7, 11) is 0. The summed E-state index contributed by atoms with van der Waals surface area (Å²) in [6, 6.07) is 13.2. The molecule has 0 bridgehead atoms. The Hall–Kier alpha value is -3.32. The fourth-order valence-electron chi connectivity index (χ4n) is 2.93. The summed E-state index contributed by atoms with van der Waals surface area (Å²) in [5.41, 5.74) is 1.34. The maximum Gasteiger partial charge on any atom is 0.264 e. The summed E-state index contributed by atoms with van der Waals surface area (Å²) >= 11 is 5.91. The largest absolute Gasteiger partial charge is 0.618 e. The van der Waals surface area contributed by atoms with Gasteiger partial charge in [0.25, 0.3) is 6.43 Å². The molecule has 5 nitrogen and oxygen atoms in total. The zero-order valence-corrected chi connectivity index (χ0v) is 16.6. The molecule has 2 aromatic carbocycles. The molecule has 1 amide bonds. The number of pyridine rings is 1. The van der Waals surface area contributed by atoms with E-state index in [0.29, 0.717) is 16.0 Å². The second-order valence-electron chi connectivity index (χ2n) is 6.63. The normalized spacial score (nSPS) is 10.8. The molecule has 30 heavy (non-hydrogen) atoms. The fourth-order valence-corrected chi connectivity index (χ4v) is 3.11. The van der Waals surface area contributed by atoms with Gasteiger partial charge in [-0.2, -0.15) is 4.73 Å². The van der Waals surface area contributed by atoms with Crippen molar-refractivity contribution in [1.82, 2.24) is 0 Å². The first-order valence-electron chi connectivity index (χ1n) is 8.95. The first-order chi connectivity index (χ1) is 14.2. The highest BCUT2D eigenvalue weighted by Gasteiger charge is 2.18. The molecule has 0 aliphatic rings. The van der Waals surface area contributed by atoms with E-state index in [1.807, 2.05) is 0 Å². The van der Waals surface area contributed by atoms with Gasteiger partial charge < -0.3 is 10.5 Å². The van der Waals surface area contributed by atoms with E-state index in [0.717, 1.165) is 6.20 Å². The average molecular weight is 431 g/mol. The number of carbonyl (C=O) groups is 2. The standard InChI is InChI=1S/C22H17ClF2N2O3/c1-13(28)14-2-6-17(7-3-14)26-21(29)11-18-8-4-15(12-27(18)30)20-10-16(23)5-9-19(20)22(24)25/h2-10,12,22H,11H2,1H3,(H,26,29). The van der Waals surface area contributed by atoms with Crippen LogP contribution >= 0.6 is 11.6 Å². The van der Waals surface area contributed by atoms with E-state index in [-0.39, 0.29) is 39.6 Å². The lowest BCUT2D eigenvalue weighted by atomic mass is 10.0. The highest BCUT2D eigenvalue weighted by Crippen LogP contribution is 2.32. The van der Waals surface area contributed by atoms with Crippen LogP contribution < -0.4 is 10.0 Å². The third kappa shape index (κ3) is 4.99. The van der Waals surface area contributed by atoms with Crippen molar-refractivity contribution in [3.8, 4) is 11.1 Å². The number of Topliss-reactive ketones (excluding diaryl/α,β-unsaturated/α-hetero) is 1. The number of aromatic nitrogens is 1. The van der Waals surface area contributed by atoms with Crippen LogP contribution in [-0.4, -0.2) is 11.7 Å². The Kier molecular flexibility index (Phi) is 6.42. The second-order valence-corrected chi connectivity index (χ2v) is 7.06. The van der Waals surface area contributed by atoms with Gasteiger partial charge in [-0.15, -0.1) is 0 Å². The Morgan fingerprint density at radius 1 is 1.10 bits per heavy atom. The summed E-state index contributed by atoms with van der Waals surface area (Å²) in [6.45, 7) is 1.44. The maximum atomic E-state index is 13.3. The SMILES string of the molecule is CC(=O)c1ccc(NC(=O)Cc2ccc(-c3cc(Cl)ccc3C(F)F)c[n+]2[O-])cc1. The Labute approximate surface area is 176 Å². The van der Waals surface area contributed by atoms with Gasteiger partial charge in [0.2, 0.25) is 11.6 Å². The van der Waals surface area contributed by atoms with Crippen molar-refractivity contribution in [3.63, 3.8) is 0 Å². The van der Waals surface area contributed by atoms with Gasteiger partial charge in [0, 0.05) is 33.5 Å². The lowest BCUT2D eigenvalue weighted by Gasteiger charge is -2.11. The Bertz CT molecular complexity index is 1100. The van der Waals surface area contributed by atoms with Gasteiger partial charge in [-0.1, -0.05) is 17.7 Å². The van der Waals surface area contributed by atoms with Gasteiger partial charge in [0.15, 0.2) is 12.0 Å². The minimum Gasteiger partial charge on any atom is -0.618 e. The summed E-state index contributed by atoms with van der Waals surface area (Å²) in [5.74, 6) is -0.519. The zero-order chi connectivity index (χ0) is 21.8. The van der Waals surface area contributed by atoms with Gasteiger partial charge in [0.1, 0.15) is 6.42 Å². The Morgan fingerprint density at radius 3 is 2.40 bits per heavy atom. The molecule has 1 aromatic heterocycles. The molecule has 0 fully saturated rings. The first-order valence-corrected chi connectivity index (χ1v) is 9.33. The van der Waals surface area contributed by atoms with Gasteiger partial charge in [-0.25, -0.2) is 8.78 Å². The summed E-state index contributed by atoms with van der Waals surface area (Å²) < 4.78 is 27.0. The number of halogens is 3. The average Bonchev–Trinajstić information content (AvgIpc) is 2.69. The van der Waals surface area contributed by atoms with Crippen LogP contribution in [-0.2, 0) is 11.2 Å². The smallest absolute Gasteiger partial charge is 0.264 e. The molecule has 0 aliphatic carbocycles. The number of carbonyl (C=O) groups excluding carboxylic acids is 2. The molecule has 0 saturated carbocycles. The summed E-state index contributed by atoms with van der Waals surface area (Å²) in [6.07, 6.45) is -1.80. The lowest BCUT2D eigenvalue weighted by Crippen LogP contribution is -2.34. The lowest BCUT2D eigenvalue weighted by molar-refractivity contribution is -0.612. The van der Waals surface area contributed by atoms with E-state index in [1.165, 1.54) is 37.3 Å². The zero-order valence-electron chi connectivity index (χ0n) is 15.9. The molecule has 0 saturated heterocycles. The van der Waals surface area contributed by atoms with Crippen LogP contribution in [0.5, 0.6) is 0 Å². The monoisotopic (exact) mass is 430 g/mol. The number of alkyl halides is 2. The quantitative estimate of drug-likeness (QED) is 0.341. The van der Waals surface area contributed by atoms with Crippen molar-refractivity contribution in [1.29, 1.82) is 0 Å². The molecule has 0 atom stereocenters. The summed E-state index contributed by atoms with van der Waals surface area (Å²) in [4.78, 5) is 23.5. The van der Waals surface area contributed by atoms with Gasteiger partial charge >= 0.3 is 0 Å². The maximum absolute atomic E-state index is 13.3. The van der Waals surface area contributed by atoms with Crippen molar-refractivity contribution in [3.05, 3.63) is 87.8 Å². The van der Waals surface area contributed by atoms with Gasteiger partial charge in [-0.3, -0.25) is 9.59 Å². The van der Waals surface area contributed by atoms with Crippen molar-refractivity contribution < 1.29 is 23.1 Å². The third-order valence-electron chi connectivity index (χ3n) is 4.47. The molecular formula is C22H17ClF2N2O3. The van der Waals surface area contributed by atoms with E-state index in [1.54, 1.807) is 24.3 Å². The topological polar surface area (TPSA) is 73.1 Å². The predicted molar refractivity (Wildman–Crippen MR) is 110 cm³/mol. The van der Waals surface area contributed by atoms with Gasteiger partial charge in [-0.05, 0) is 55.0 Å². The number of rotatable bonds is 6. The molecule has 3 rings (SSSR count). The van der Waals surface area contributed by atoms with Crippen LogP contribution in [0.3, 0.4) is 0 Å². The molecule has 0 spiro atoms. The van der Waals surface area contributed by atoms with Crippen LogP contribution in [0.4, 0.5) is 14.5 Å². The number of benzene rings is 2. The molecule has 8 heteroatoms. The number of anilines is 1. The van der Waals surface area contributed by atoms with Crippen molar-refractivity contribution >= 4 is 29.0 Å². The number of nitrogens with zero attached hydrogens (tertiary/aromatic N) is 1. The number of nitrogens with one attached hydrogen (secondary N) is 1. The third-order valence-corrected chi connectivity index (χ3v) is 4.71. The van der Waals surface area contributed by atoms with E-state index >= 15 is 0 Å². The van der Waals surface area contributed by atoms with Gasteiger partial charge in [0.05, 0.1) is 0 Å². The van der Waals surface area contributed by atoms with Crippen molar-refractivity contribution in [2.24, 2.45) is 0 Å². The van der Waals surface area contributed by atoms with Crippen LogP contribution in [0.15, 0.2) is 60.8 Å². The molecule has 3 aromatic rings. The molecule has 1 N–H and O–H groups in total. The van der Waals surface area contributed by atoms with Crippen LogP contribution in [0.1, 0.15) is 35.0 Å². The minimum atomic E-state index is -2.72. The van der Waals surface area contributed by atoms with E-state index in [9.17, 15) is 23.6 Å². The first kappa shape index (κ1) is 21.4. The van der Waals surface area contributed by atoms with Crippen molar-refractivity contribution in [2.75, 3.05) is 5.32 Å². The van der Waals surface area contributed by atoms with Crippen LogP contribution in [0.25, 0.3) is 11.1 Å².